The molecule has 0 spiro atoms. The van der Waals surface area contributed by atoms with Crippen LogP contribution in [0.4, 0.5) is 11.4 Å². The van der Waals surface area contributed by atoms with Crippen molar-refractivity contribution < 1.29 is 23.8 Å². The van der Waals surface area contributed by atoms with Crippen LogP contribution >= 0.6 is 12.2 Å². The normalized spacial score (nSPS) is 13.1. The summed E-state index contributed by atoms with van der Waals surface area (Å²) >= 11 is 5.46. The minimum Gasteiger partial charge on any atom is -0.490 e. The average molecular weight is 515 g/mol. The molecule has 2 aromatic carbocycles. The van der Waals surface area contributed by atoms with E-state index in [0.29, 0.717) is 68.8 Å². The maximum atomic E-state index is 13.1. The highest BCUT2D eigenvalue weighted by Crippen LogP contribution is 2.39. The van der Waals surface area contributed by atoms with Crippen molar-refractivity contribution in [3.63, 3.8) is 0 Å². The quantitative estimate of drug-likeness (QED) is 0.490. The fourth-order valence-electron chi connectivity index (χ4n) is 3.97. The van der Waals surface area contributed by atoms with Crippen LogP contribution in [0.1, 0.15) is 38.1 Å². The van der Waals surface area contributed by atoms with Gasteiger partial charge >= 0.3 is 0 Å². The molecule has 0 atom stereocenters. The van der Waals surface area contributed by atoms with Gasteiger partial charge in [-0.2, -0.15) is 0 Å². The molecular formula is C26H34N4O5S. The number of nitrogens with zero attached hydrogens (tertiary/aromatic N) is 2. The van der Waals surface area contributed by atoms with E-state index in [9.17, 15) is 9.59 Å². The molecule has 1 aliphatic rings. The van der Waals surface area contributed by atoms with Crippen LogP contribution in [-0.4, -0.2) is 67.8 Å². The molecule has 10 heteroatoms. The second kappa shape index (κ2) is 13.0. The van der Waals surface area contributed by atoms with E-state index in [4.69, 9.17) is 26.4 Å². The first-order chi connectivity index (χ1) is 17.4. The number of carbonyl (C=O) groups excluding carboxylic acids is 2. The van der Waals surface area contributed by atoms with Crippen molar-refractivity contribution in [1.29, 1.82) is 0 Å². The number of thiocarbonyl (C=S) groups is 1. The number of amides is 2. The third kappa shape index (κ3) is 6.78. The van der Waals surface area contributed by atoms with E-state index in [-0.39, 0.29) is 11.0 Å². The van der Waals surface area contributed by atoms with Crippen LogP contribution in [0, 0.1) is 0 Å². The highest BCUT2D eigenvalue weighted by atomic mass is 32.1. The number of hydrogen-bond donors (Lipinski definition) is 2. The molecule has 0 bridgehead atoms. The summed E-state index contributed by atoms with van der Waals surface area (Å²) < 4.78 is 17.1. The van der Waals surface area contributed by atoms with Gasteiger partial charge in [-0.25, -0.2) is 0 Å². The largest absolute Gasteiger partial charge is 0.490 e. The molecule has 0 aliphatic carbocycles. The SMILES string of the molecule is CCOc1cc(C(=O)NC(=S)Nc2ccccc2N2CCN(C(C)=O)CC2)cc(OCC)c1OCC. The lowest BCUT2D eigenvalue weighted by Gasteiger charge is -2.36. The smallest absolute Gasteiger partial charge is 0.257 e. The number of ether oxygens (including phenoxy) is 3. The fourth-order valence-corrected chi connectivity index (χ4v) is 4.17. The van der Waals surface area contributed by atoms with Crippen molar-refractivity contribution in [3.05, 3.63) is 42.0 Å². The molecule has 1 fully saturated rings. The van der Waals surface area contributed by atoms with Gasteiger partial charge in [-0.15, -0.1) is 0 Å². The molecule has 2 N–H and O–H groups in total. The number of benzene rings is 2. The summed E-state index contributed by atoms with van der Waals surface area (Å²) in [5.41, 5.74) is 2.06. The molecule has 36 heavy (non-hydrogen) atoms. The Hall–Kier alpha value is -3.53. The molecule has 0 unspecified atom stereocenters. The fraction of sp³-hybridized carbons (Fsp3) is 0.423. The van der Waals surface area contributed by atoms with Crippen LogP contribution in [0.5, 0.6) is 17.2 Å². The Morgan fingerprint density at radius 1 is 0.917 bits per heavy atom. The molecule has 2 aromatic rings. The number of para-hydroxylation sites is 2. The maximum absolute atomic E-state index is 13.1. The highest BCUT2D eigenvalue weighted by molar-refractivity contribution is 7.80. The van der Waals surface area contributed by atoms with Gasteiger partial charge in [0.05, 0.1) is 31.2 Å². The van der Waals surface area contributed by atoms with Crippen molar-refractivity contribution in [2.45, 2.75) is 27.7 Å². The molecule has 0 saturated carbocycles. The third-order valence-electron chi connectivity index (χ3n) is 5.62. The monoisotopic (exact) mass is 514 g/mol. The van der Waals surface area contributed by atoms with Gasteiger partial charge in [0.1, 0.15) is 0 Å². The van der Waals surface area contributed by atoms with E-state index in [1.54, 1.807) is 19.1 Å². The van der Waals surface area contributed by atoms with Crippen molar-refractivity contribution in [3.8, 4) is 17.2 Å². The number of carbonyl (C=O) groups is 2. The van der Waals surface area contributed by atoms with Crippen molar-refractivity contribution in [2.24, 2.45) is 0 Å². The zero-order valence-electron chi connectivity index (χ0n) is 21.3. The van der Waals surface area contributed by atoms with Crippen LogP contribution in [0.25, 0.3) is 0 Å². The summed E-state index contributed by atoms with van der Waals surface area (Å²) in [6.45, 7) is 11.2. The van der Waals surface area contributed by atoms with Gasteiger partial charge in [-0.05, 0) is 57.3 Å². The average Bonchev–Trinajstić information content (AvgIpc) is 2.86. The molecule has 194 valence electrons. The number of hydrogen-bond acceptors (Lipinski definition) is 7. The molecule has 1 heterocycles. The minimum atomic E-state index is -0.398. The first-order valence-corrected chi connectivity index (χ1v) is 12.6. The van der Waals surface area contributed by atoms with Gasteiger partial charge < -0.3 is 29.3 Å². The van der Waals surface area contributed by atoms with Gasteiger partial charge in [0.15, 0.2) is 16.6 Å². The molecule has 2 amide bonds. The van der Waals surface area contributed by atoms with E-state index in [2.05, 4.69) is 15.5 Å². The maximum Gasteiger partial charge on any atom is 0.257 e. The Morgan fingerprint density at radius 2 is 1.50 bits per heavy atom. The molecule has 0 radical (unpaired) electrons. The lowest BCUT2D eigenvalue weighted by molar-refractivity contribution is -0.129. The Bertz CT molecular complexity index is 1060. The van der Waals surface area contributed by atoms with Crippen molar-refractivity contribution in [1.82, 2.24) is 10.2 Å². The summed E-state index contributed by atoms with van der Waals surface area (Å²) in [5.74, 6) is 1.02. The lowest BCUT2D eigenvalue weighted by atomic mass is 10.1. The van der Waals surface area contributed by atoms with Crippen molar-refractivity contribution in [2.75, 3.05) is 56.2 Å². The Labute approximate surface area is 217 Å². The van der Waals surface area contributed by atoms with E-state index in [1.807, 2.05) is 49.9 Å². The summed E-state index contributed by atoms with van der Waals surface area (Å²) in [6, 6.07) is 11.0. The first-order valence-electron chi connectivity index (χ1n) is 12.2. The second-order valence-electron chi connectivity index (χ2n) is 8.02. The molecule has 3 rings (SSSR count). The Morgan fingerprint density at radius 3 is 2.06 bits per heavy atom. The number of nitrogens with one attached hydrogen (secondary N) is 2. The molecule has 1 saturated heterocycles. The van der Waals surface area contributed by atoms with Gasteiger partial charge in [-0.1, -0.05) is 12.1 Å². The second-order valence-corrected chi connectivity index (χ2v) is 8.43. The van der Waals surface area contributed by atoms with E-state index >= 15 is 0 Å². The minimum absolute atomic E-state index is 0.0826. The summed E-state index contributed by atoms with van der Waals surface area (Å²) in [5, 5.41) is 6.06. The summed E-state index contributed by atoms with van der Waals surface area (Å²) in [7, 11) is 0. The summed E-state index contributed by atoms with van der Waals surface area (Å²) in [4.78, 5) is 28.8. The Kier molecular flexibility index (Phi) is 9.75. The van der Waals surface area contributed by atoms with Crippen molar-refractivity contribution >= 4 is 40.5 Å². The molecule has 1 aliphatic heterocycles. The van der Waals surface area contributed by atoms with Gasteiger partial charge in [0, 0.05) is 38.7 Å². The number of piperazine rings is 1. The topological polar surface area (TPSA) is 92.4 Å². The third-order valence-corrected chi connectivity index (χ3v) is 5.82. The lowest BCUT2D eigenvalue weighted by Crippen LogP contribution is -2.48. The number of anilines is 2. The first kappa shape index (κ1) is 27.1. The van der Waals surface area contributed by atoms with Crippen LogP contribution in [0.3, 0.4) is 0 Å². The Balaban J connectivity index is 1.74. The van der Waals surface area contributed by atoms with Crippen LogP contribution < -0.4 is 29.7 Å². The van der Waals surface area contributed by atoms with Gasteiger partial charge in [0.25, 0.3) is 5.91 Å². The van der Waals surface area contributed by atoms with E-state index in [1.165, 1.54) is 0 Å². The van der Waals surface area contributed by atoms with Crippen LogP contribution in [0.15, 0.2) is 36.4 Å². The predicted molar refractivity (Wildman–Crippen MR) is 145 cm³/mol. The molecule has 0 aromatic heterocycles. The van der Waals surface area contributed by atoms with Gasteiger partial charge in [-0.3, -0.25) is 14.9 Å². The predicted octanol–water partition coefficient (Wildman–Crippen LogP) is 3.68. The van der Waals surface area contributed by atoms with E-state index < -0.39 is 5.91 Å². The zero-order valence-corrected chi connectivity index (χ0v) is 22.1. The van der Waals surface area contributed by atoms with E-state index in [0.717, 1.165) is 11.4 Å². The van der Waals surface area contributed by atoms with Crippen LogP contribution in [0.2, 0.25) is 0 Å². The standard InChI is InChI=1S/C26H34N4O5S/c1-5-33-22-16-19(17-23(34-6-2)24(22)35-7-3)25(32)28-26(36)27-20-10-8-9-11-21(20)30-14-12-29(13-15-30)18(4)31/h8-11,16-17H,5-7,12-15H2,1-4H3,(H2,27,28,32,36). The summed E-state index contributed by atoms with van der Waals surface area (Å²) in [6.07, 6.45) is 0. The zero-order chi connectivity index (χ0) is 26.1. The van der Waals surface area contributed by atoms with Crippen LogP contribution in [-0.2, 0) is 4.79 Å². The molecule has 9 nitrogen and oxygen atoms in total. The van der Waals surface area contributed by atoms with Gasteiger partial charge in [0.2, 0.25) is 11.7 Å². The highest BCUT2D eigenvalue weighted by Gasteiger charge is 2.22. The molecular weight excluding hydrogens is 480 g/mol. The number of rotatable bonds is 9.